The van der Waals surface area contributed by atoms with Crippen LogP contribution in [0.25, 0.3) is 0 Å². The molecule has 0 saturated heterocycles. The summed E-state index contributed by atoms with van der Waals surface area (Å²) in [4.78, 5) is 12.1. The molecule has 1 saturated carbocycles. The van der Waals surface area contributed by atoms with E-state index in [2.05, 4.69) is 13.0 Å². The van der Waals surface area contributed by atoms with Gasteiger partial charge in [0.2, 0.25) is 0 Å². The van der Waals surface area contributed by atoms with Crippen LogP contribution in [0, 0.1) is 12.8 Å². The standard InChI is InChI=1S/C16H22O2/c1-12-7-10-16(18-2)14(11-12)8-9-15(17)13-5-3-4-6-13/h7,10-11,13H,3-6,8-9H2,1-2H3. The van der Waals surface area contributed by atoms with Crippen molar-refractivity contribution in [1.29, 1.82) is 0 Å². The van der Waals surface area contributed by atoms with E-state index >= 15 is 0 Å². The van der Waals surface area contributed by atoms with Gasteiger partial charge in [-0.15, -0.1) is 0 Å². The fourth-order valence-electron chi connectivity index (χ4n) is 2.81. The molecule has 18 heavy (non-hydrogen) atoms. The van der Waals surface area contributed by atoms with Gasteiger partial charge in [0.15, 0.2) is 0 Å². The first-order chi connectivity index (χ1) is 8.70. The van der Waals surface area contributed by atoms with Crippen molar-refractivity contribution in [1.82, 2.24) is 0 Å². The molecule has 0 N–H and O–H groups in total. The molecule has 0 bridgehead atoms. The number of methoxy groups -OCH3 is 1. The highest BCUT2D eigenvalue weighted by atomic mass is 16.5. The van der Waals surface area contributed by atoms with Gasteiger partial charge in [0.1, 0.15) is 11.5 Å². The summed E-state index contributed by atoms with van der Waals surface area (Å²) in [5, 5.41) is 0. The van der Waals surface area contributed by atoms with Crippen molar-refractivity contribution in [3.63, 3.8) is 0 Å². The minimum atomic E-state index is 0.334. The van der Waals surface area contributed by atoms with Crippen molar-refractivity contribution < 1.29 is 9.53 Å². The molecule has 1 aromatic carbocycles. The molecule has 0 unspecified atom stereocenters. The average molecular weight is 246 g/mol. The van der Waals surface area contributed by atoms with Crippen LogP contribution in [0.4, 0.5) is 0 Å². The van der Waals surface area contributed by atoms with Crippen molar-refractivity contribution in [2.45, 2.75) is 45.4 Å². The molecular formula is C16H22O2. The summed E-state index contributed by atoms with van der Waals surface area (Å²) in [5.41, 5.74) is 2.38. The third-order valence-corrected chi connectivity index (χ3v) is 3.89. The highest BCUT2D eigenvalue weighted by Gasteiger charge is 2.22. The van der Waals surface area contributed by atoms with Gasteiger partial charge in [0, 0.05) is 12.3 Å². The Morgan fingerprint density at radius 2 is 2.06 bits per heavy atom. The first-order valence-corrected chi connectivity index (χ1v) is 6.87. The predicted molar refractivity (Wildman–Crippen MR) is 73.0 cm³/mol. The lowest BCUT2D eigenvalue weighted by molar-refractivity contribution is -0.122. The van der Waals surface area contributed by atoms with Crippen LogP contribution >= 0.6 is 0 Å². The number of ether oxygens (including phenoxy) is 1. The van der Waals surface area contributed by atoms with Crippen molar-refractivity contribution in [2.24, 2.45) is 5.92 Å². The molecule has 1 aliphatic carbocycles. The predicted octanol–water partition coefficient (Wildman–Crippen LogP) is 3.70. The number of ketones is 1. The lowest BCUT2D eigenvalue weighted by atomic mass is 9.96. The quantitative estimate of drug-likeness (QED) is 0.792. The third-order valence-electron chi connectivity index (χ3n) is 3.89. The molecule has 1 aliphatic rings. The molecule has 0 heterocycles. The number of hydrogen-bond donors (Lipinski definition) is 0. The summed E-state index contributed by atoms with van der Waals surface area (Å²) in [6.07, 6.45) is 6.12. The number of carbonyl (C=O) groups excluding carboxylic acids is 1. The topological polar surface area (TPSA) is 26.3 Å². The molecule has 98 valence electrons. The van der Waals surface area contributed by atoms with Gasteiger partial charge in [0.05, 0.1) is 7.11 Å². The number of carbonyl (C=O) groups is 1. The zero-order valence-electron chi connectivity index (χ0n) is 11.4. The number of benzene rings is 1. The maximum atomic E-state index is 12.1. The van der Waals surface area contributed by atoms with Crippen molar-refractivity contribution in [3.05, 3.63) is 29.3 Å². The van der Waals surface area contributed by atoms with E-state index in [0.717, 1.165) is 30.6 Å². The summed E-state index contributed by atoms with van der Waals surface area (Å²) < 4.78 is 5.35. The monoisotopic (exact) mass is 246 g/mol. The van der Waals surface area contributed by atoms with Gasteiger partial charge in [-0.1, -0.05) is 30.5 Å². The highest BCUT2D eigenvalue weighted by Crippen LogP contribution is 2.28. The maximum absolute atomic E-state index is 12.1. The van der Waals surface area contributed by atoms with Gasteiger partial charge in [-0.25, -0.2) is 0 Å². The molecule has 1 aromatic rings. The fourth-order valence-corrected chi connectivity index (χ4v) is 2.81. The molecule has 1 fully saturated rings. The van der Waals surface area contributed by atoms with Gasteiger partial charge >= 0.3 is 0 Å². The van der Waals surface area contributed by atoms with Gasteiger partial charge in [-0.05, 0) is 37.8 Å². The Hall–Kier alpha value is -1.31. The number of hydrogen-bond acceptors (Lipinski definition) is 2. The Morgan fingerprint density at radius 1 is 1.33 bits per heavy atom. The van der Waals surface area contributed by atoms with E-state index in [1.54, 1.807) is 7.11 Å². The number of Topliss-reactive ketones (excluding diaryl/α,β-unsaturated/α-hetero) is 1. The molecule has 0 amide bonds. The zero-order valence-corrected chi connectivity index (χ0v) is 11.4. The summed E-state index contributed by atoms with van der Waals surface area (Å²) in [6.45, 7) is 2.07. The van der Waals surface area contributed by atoms with E-state index in [9.17, 15) is 4.79 Å². The van der Waals surface area contributed by atoms with Crippen molar-refractivity contribution >= 4 is 5.78 Å². The Bertz CT molecular complexity index is 417. The molecule has 0 radical (unpaired) electrons. The first kappa shape index (κ1) is 13.1. The second-order valence-corrected chi connectivity index (χ2v) is 5.26. The van der Waals surface area contributed by atoms with Gasteiger partial charge < -0.3 is 4.74 Å². The van der Waals surface area contributed by atoms with E-state index in [-0.39, 0.29) is 0 Å². The molecule has 0 aliphatic heterocycles. The highest BCUT2D eigenvalue weighted by molar-refractivity contribution is 5.81. The second kappa shape index (κ2) is 6.03. The van der Waals surface area contributed by atoms with Crippen LogP contribution < -0.4 is 4.74 Å². The van der Waals surface area contributed by atoms with Gasteiger partial charge in [0.25, 0.3) is 0 Å². The minimum absolute atomic E-state index is 0.334. The lowest BCUT2D eigenvalue weighted by Crippen LogP contribution is -2.11. The van der Waals surface area contributed by atoms with Gasteiger partial charge in [-0.3, -0.25) is 4.79 Å². The zero-order chi connectivity index (χ0) is 13.0. The Balaban J connectivity index is 1.96. The normalized spacial score (nSPS) is 15.9. The van der Waals surface area contributed by atoms with E-state index in [0.29, 0.717) is 18.1 Å². The maximum Gasteiger partial charge on any atom is 0.136 e. The van der Waals surface area contributed by atoms with Crippen molar-refractivity contribution in [2.75, 3.05) is 7.11 Å². The van der Waals surface area contributed by atoms with Crippen LogP contribution in [0.1, 0.15) is 43.2 Å². The van der Waals surface area contributed by atoms with Crippen LogP contribution in [0.15, 0.2) is 18.2 Å². The molecule has 2 nitrogen and oxygen atoms in total. The smallest absolute Gasteiger partial charge is 0.136 e. The summed E-state index contributed by atoms with van der Waals surface area (Å²) >= 11 is 0. The molecule has 0 spiro atoms. The molecular weight excluding hydrogens is 224 g/mol. The van der Waals surface area contributed by atoms with Crippen LogP contribution in [0.3, 0.4) is 0 Å². The Kier molecular flexibility index (Phi) is 4.40. The van der Waals surface area contributed by atoms with Crippen LogP contribution in [-0.4, -0.2) is 12.9 Å². The van der Waals surface area contributed by atoms with E-state index < -0.39 is 0 Å². The number of rotatable bonds is 5. The minimum Gasteiger partial charge on any atom is -0.496 e. The third kappa shape index (κ3) is 3.12. The molecule has 0 aromatic heterocycles. The Labute approximate surface area is 109 Å². The average Bonchev–Trinajstić information content (AvgIpc) is 2.90. The number of aryl methyl sites for hydroxylation is 2. The van der Waals surface area contributed by atoms with E-state index in [4.69, 9.17) is 4.74 Å². The molecule has 0 atom stereocenters. The van der Waals surface area contributed by atoms with E-state index in [1.807, 2.05) is 12.1 Å². The van der Waals surface area contributed by atoms with Crippen LogP contribution in [0.5, 0.6) is 5.75 Å². The molecule has 2 heteroatoms. The van der Waals surface area contributed by atoms with Crippen LogP contribution in [-0.2, 0) is 11.2 Å². The van der Waals surface area contributed by atoms with Crippen molar-refractivity contribution in [3.8, 4) is 5.75 Å². The first-order valence-electron chi connectivity index (χ1n) is 6.87. The SMILES string of the molecule is COc1ccc(C)cc1CCC(=O)C1CCCC1. The fraction of sp³-hybridized carbons (Fsp3) is 0.562. The second-order valence-electron chi connectivity index (χ2n) is 5.26. The lowest BCUT2D eigenvalue weighted by Gasteiger charge is -2.11. The molecule has 2 rings (SSSR count). The summed E-state index contributed by atoms with van der Waals surface area (Å²) in [7, 11) is 1.69. The van der Waals surface area contributed by atoms with Gasteiger partial charge in [-0.2, -0.15) is 0 Å². The van der Waals surface area contributed by atoms with Crippen LogP contribution in [0.2, 0.25) is 0 Å². The largest absolute Gasteiger partial charge is 0.496 e. The summed E-state index contributed by atoms with van der Waals surface area (Å²) in [5.74, 6) is 1.68. The Morgan fingerprint density at radius 3 is 2.72 bits per heavy atom. The van der Waals surface area contributed by atoms with E-state index in [1.165, 1.54) is 18.4 Å². The summed E-state index contributed by atoms with van der Waals surface area (Å²) in [6, 6.07) is 6.16.